The van der Waals surface area contributed by atoms with Crippen LogP contribution in [-0.2, 0) is 11.3 Å². The van der Waals surface area contributed by atoms with E-state index < -0.39 is 0 Å². The third-order valence-electron chi connectivity index (χ3n) is 8.84. The Kier molecular flexibility index (Phi) is 7.84. The van der Waals surface area contributed by atoms with Crippen LogP contribution in [0.3, 0.4) is 0 Å². The lowest BCUT2D eigenvalue weighted by Gasteiger charge is -2.42. The van der Waals surface area contributed by atoms with Crippen molar-refractivity contribution in [3.63, 3.8) is 0 Å². The standard InChI is InChI=1S/C34H37N7O2/c1-24-14-15-27-22-29(34(42)35-30(27)21-24)32(33-36-37-38-41(33)23-28-13-8-20-43-28)40-18-16-39(17-19-40)31(25-9-4-2-5-10-25)26-11-6-3-7-12-26/h2-7,9-12,14-15,21-22,28,31-32H,8,13,16-20,23H2,1H3,(H,35,42)/t28-,32+/m0/s1. The van der Waals surface area contributed by atoms with Gasteiger partial charge in [-0.05, 0) is 64.4 Å². The topological polar surface area (TPSA) is 92.2 Å². The molecule has 7 rings (SSSR count). The summed E-state index contributed by atoms with van der Waals surface area (Å²) in [4.78, 5) is 21.8. The average molecular weight is 576 g/mol. The molecule has 0 saturated carbocycles. The normalized spacial score (nSPS) is 18.9. The minimum atomic E-state index is -0.389. The van der Waals surface area contributed by atoms with Gasteiger partial charge in [-0.15, -0.1) is 5.10 Å². The lowest BCUT2D eigenvalue weighted by atomic mass is 9.96. The van der Waals surface area contributed by atoms with Gasteiger partial charge in [0.25, 0.3) is 5.56 Å². The molecule has 5 aromatic rings. The molecule has 2 fully saturated rings. The Morgan fingerprint density at radius 3 is 2.21 bits per heavy atom. The number of H-pyrrole nitrogens is 1. The molecule has 0 bridgehead atoms. The summed E-state index contributed by atoms with van der Waals surface area (Å²) in [7, 11) is 0. The summed E-state index contributed by atoms with van der Waals surface area (Å²) in [5.74, 6) is 0.684. The van der Waals surface area contributed by atoms with Gasteiger partial charge in [-0.3, -0.25) is 14.6 Å². The van der Waals surface area contributed by atoms with Gasteiger partial charge in [0.05, 0.1) is 18.7 Å². The highest BCUT2D eigenvalue weighted by atomic mass is 16.5. The first-order chi connectivity index (χ1) is 21.1. The van der Waals surface area contributed by atoms with Crippen molar-refractivity contribution in [2.45, 2.75) is 44.5 Å². The zero-order chi connectivity index (χ0) is 29.2. The van der Waals surface area contributed by atoms with Crippen molar-refractivity contribution in [2.24, 2.45) is 0 Å². The maximum atomic E-state index is 13.7. The van der Waals surface area contributed by atoms with E-state index in [1.807, 2.05) is 23.7 Å². The summed E-state index contributed by atoms with van der Waals surface area (Å²) >= 11 is 0. The molecule has 2 aromatic heterocycles. The number of nitrogens with one attached hydrogen (secondary N) is 1. The first kappa shape index (κ1) is 27.6. The van der Waals surface area contributed by atoms with E-state index in [1.165, 1.54) is 11.1 Å². The van der Waals surface area contributed by atoms with Gasteiger partial charge in [0, 0.05) is 43.9 Å². The van der Waals surface area contributed by atoms with Gasteiger partial charge >= 0.3 is 0 Å². The molecule has 2 saturated heterocycles. The smallest absolute Gasteiger partial charge is 0.253 e. The number of aryl methyl sites for hydroxylation is 1. The Morgan fingerprint density at radius 2 is 1.56 bits per heavy atom. The molecule has 0 amide bonds. The van der Waals surface area contributed by atoms with E-state index in [9.17, 15) is 4.79 Å². The van der Waals surface area contributed by atoms with Crippen LogP contribution in [0.15, 0.2) is 89.7 Å². The van der Waals surface area contributed by atoms with Crippen LogP contribution >= 0.6 is 0 Å². The van der Waals surface area contributed by atoms with Crippen molar-refractivity contribution in [3.8, 4) is 0 Å². The molecular formula is C34H37N7O2. The van der Waals surface area contributed by atoms with Crippen molar-refractivity contribution in [3.05, 3.63) is 123 Å². The fourth-order valence-corrected chi connectivity index (χ4v) is 6.69. The number of hydrogen-bond acceptors (Lipinski definition) is 7. The van der Waals surface area contributed by atoms with Gasteiger partial charge < -0.3 is 9.72 Å². The number of tetrazole rings is 1. The van der Waals surface area contributed by atoms with E-state index in [0.717, 1.165) is 62.1 Å². The van der Waals surface area contributed by atoms with Gasteiger partial charge in [0.2, 0.25) is 0 Å². The van der Waals surface area contributed by atoms with Crippen molar-refractivity contribution >= 4 is 10.9 Å². The Labute approximate surface area is 251 Å². The van der Waals surface area contributed by atoms with Crippen LogP contribution in [0, 0.1) is 6.92 Å². The molecule has 43 heavy (non-hydrogen) atoms. The number of hydrogen-bond donors (Lipinski definition) is 1. The molecule has 3 aromatic carbocycles. The summed E-state index contributed by atoms with van der Waals surface area (Å²) in [6, 6.07) is 29.4. The summed E-state index contributed by atoms with van der Waals surface area (Å²) in [6.07, 6.45) is 2.11. The number of aromatic nitrogens is 5. The minimum Gasteiger partial charge on any atom is -0.376 e. The minimum absolute atomic E-state index is 0.0788. The molecule has 0 unspecified atom stereocenters. The van der Waals surface area contributed by atoms with Crippen LogP contribution in [0.2, 0.25) is 0 Å². The van der Waals surface area contributed by atoms with Crippen molar-refractivity contribution in [1.29, 1.82) is 0 Å². The van der Waals surface area contributed by atoms with E-state index in [4.69, 9.17) is 4.74 Å². The van der Waals surface area contributed by atoms with E-state index >= 15 is 0 Å². The predicted molar refractivity (Wildman–Crippen MR) is 166 cm³/mol. The second-order valence-electron chi connectivity index (χ2n) is 11.7. The number of aromatic amines is 1. The predicted octanol–water partition coefficient (Wildman–Crippen LogP) is 4.50. The molecule has 1 N–H and O–H groups in total. The van der Waals surface area contributed by atoms with Crippen LogP contribution in [0.1, 0.15) is 53.0 Å². The molecule has 0 aliphatic carbocycles. The Hall–Kier alpha value is -4.18. The van der Waals surface area contributed by atoms with Crippen LogP contribution < -0.4 is 5.56 Å². The monoisotopic (exact) mass is 575 g/mol. The van der Waals surface area contributed by atoms with Gasteiger partial charge in [0.1, 0.15) is 6.04 Å². The quantitative estimate of drug-likeness (QED) is 0.291. The van der Waals surface area contributed by atoms with Gasteiger partial charge in [-0.2, -0.15) is 0 Å². The fraction of sp³-hybridized carbons (Fsp3) is 0.353. The number of rotatable bonds is 8. The van der Waals surface area contributed by atoms with E-state index in [1.54, 1.807) is 0 Å². The molecule has 0 spiro atoms. The largest absolute Gasteiger partial charge is 0.376 e. The van der Waals surface area contributed by atoms with E-state index in [-0.39, 0.29) is 23.7 Å². The van der Waals surface area contributed by atoms with Crippen LogP contribution in [0.25, 0.3) is 10.9 Å². The van der Waals surface area contributed by atoms with E-state index in [2.05, 4.69) is 103 Å². The Morgan fingerprint density at radius 1 is 0.884 bits per heavy atom. The SMILES string of the molecule is Cc1ccc2cc([C@H](c3nnnn3C[C@@H]3CCCO3)N3CCN(C(c4ccccc4)c4ccccc4)CC3)c(=O)[nH]c2c1. The lowest BCUT2D eigenvalue weighted by molar-refractivity contribution is 0.0778. The Balaban J connectivity index is 1.23. The number of nitrogens with zero attached hydrogens (tertiary/aromatic N) is 6. The zero-order valence-corrected chi connectivity index (χ0v) is 24.5. The van der Waals surface area contributed by atoms with E-state index in [0.29, 0.717) is 17.9 Å². The maximum Gasteiger partial charge on any atom is 0.253 e. The van der Waals surface area contributed by atoms with Crippen LogP contribution in [0.4, 0.5) is 0 Å². The lowest BCUT2D eigenvalue weighted by Crippen LogP contribution is -2.50. The highest BCUT2D eigenvalue weighted by Crippen LogP contribution is 2.33. The molecule has 9 nitrogen and oxygen atoms in total. The second-order valence-corrected chi connectivity index (χ2v) is 11.7. The second kappa shape index (κ2) is 12.2. The van der Waals surface area contributed by atoms with Gasteiger partial charge in [-0.1, -0.05) is 72.8 Å². The maximum absolute atomic E-state index is 13.7. The van der Waals surface area contributed by atoms with Crippen molar-refractivity contribution < 1.29 is 4.74 Å². The summed E-state index contributed by atoms with van der Waals surface area (Å²) in [5.41, 5.74) is 5.06. The summed E-state index contributed by atoms with van der Waals surface area (Å²) < 4.78 is 7.77. The number of ether oxygens (including phenoxy) is 1. The van der Waals surface area contributed by atoms with Gasteiger partial charge in [0.15, 0.2) is 5.82 Å². The van der Waals surface area contributed by atoms with Gasteiger partial charge in [-0.25, -0.2) is 4.68 Å². The number of piperazine rings is 1. The molecule has 9 heteroatoms. The molecule has 4 heterocycles. The summed E-state index contributed by atoms with van der Waals surface area (Å²) in [5, 5.41) is 14.0. The molecule has 220 valence electrons. The summed E-state index contributed by atoms with van der Waals surface area (Å²) in [6.45, 7) is 6.57. The number of pyridine rings is 1. The average Bonchev–Trinajstić information content (AvgIpc) is 3.72. The Bertz CT molecular complexity index is 1680. The molecule has 2 aliphatic heterocycles. The number of benzene rings is 3. The van der Waals surface area contributed by atoms with Crippen molar-refractivity contribution in [1.82, 2.24) is 35.0 Å². The van der Waals surface area contributed by atoms with Crippen LogP contribution in [0.5, 0.6) is 0 Å². The zero-order valence-electron chi connectivity index (χ0n) is 24.5. The molecule has 2 aliphatic rings. The van der Waals surface area contributed by atoms with Crippen LogP contribution in [-0.4, -0.2) is 73.9 Å². The highest BCUT2D eigenvalue weighted by Gasteiger charge is 2.35. The van der Waals surface area contributed by atoms with Crippen molar-refractivity contribution in [2.75, 3.05) is 32.8 Å². The highest BCUT2D eigenvalue weighted by molar-refractivity contribution is 5.79. The molecule has 0 radical (unpaired) electrons. The molecular weight excluding hydrogens is 538 g/mol. The third-order valence-corrected chi connectivity index (χ3v) is 8.84. The first-order valence-corrected chi connectivity index (χ1v) is 15.2. The number of fused-ring (bicyclic) bond motifs is 1. The third kappa shape index (κ3) is 5.76. The molecule has 2 atom stereocenters. The fourth-order valence-electron chi connectivity index (χ4n) is 6.69. The first-order valence-electron chi connectivity index (χ1n) is 15.2.